The summed E-state index contributed by atoms with van der Waals surface area (Å²) >= 11 is 0. The first-order valence-electron chi connectivity index (χ1n) is 8.55. The molecule has 3 N–H and O–H groups in total. The molecule has 1 saturated heterocycles. The second kappa shape index (κ2) is 8.09. The lowest BCUT2D eigenvalue weighted by molar-refractivity contribution is -0.124. The summed E-state index contributed by atoms with van der Waals surface area (Å²) in [5.74, 6) is -0.790. The van der Waals surface area contributed by atoms with E-state index in [1.165, 1.54) is 24.3 Å². The van der Waals surface area contributed by atoms with Gasteiger partial charge in [0.25, 0.3) is 5.91 Å². The SMILES string of the molecule is Cn1cc([C@H]2CNC[C@@H]2C(=O)NCCNC(=O)c2ccc(F)cc2)cn1. The van der Waals surface area contributed by atoms with Crippen molar-refractivity contribution < 1.29 is 14.0 Å². The van der Waals surface area contributed by atoms with Gasteiger partial charge >= 0.3 is 0 Å². The molecule has 0 unspecified atom stereocenters. The fourth-order valence-electron chi connectivity index (χ4n) is 3.13. The Labute approximate surface area is 151 Å². The Morgan fingerprint density at radius 1 is 1.23 bits per heavy atom. The Morgan fingerprint density at radius 3 is 2.65 bits per heavy atom. The topological polar surface area (TPSA) is 88.0 Å². The van der Waals surface area contributed by atoms with E-state index < -0.39 is 0 Å². The number of nitrogens with one attached hydrogen (secondary N) is 3. The zero-order valence-electron chi connectivity index (χ0n) is 14.5. The molecule has 138 valence electrons. The maximum absolute atomic E-state index is 12.9. The van der Waals surface area contributed by atoms with E-state index >= 15 is 0 Å². The zero-order valence-corrected chi connectivity index (χ0v) is 14.5. The first kappa shape index (κ1) is 18.1. The van der Waals surface area contributed by atoms with E-state index in [0.717, 1.165) is 12.1 Å². The van der Waals surface area contributed by atoms with E-state index in [9.17, 15) is 14.0 Å². The highest BCUT2D eigenvalue weighted by atomic mass is 19.1. The van der Waals surface area contributed by atoms with Crippen LogP contribution in [0.4, 0.5) is 4.39 Å². The normalized spacial score (nSPS) is 19.3. The molecule has 1 fully saturated rings. The van der Waals surface area contributed by atoms with Gasteiger partial charge in [0.05, 0.1) is 12.1 Å². The molecule has 0 bridgehead atoms. The van der Waals surface area contributed by atoms with Gasteiger partial charge in [0.2, 0.25) is 5.91 Å². The Balaban J connectivity index is 1.45. The highest BCUT2D eigenvalue weighted by Crippen LogP contribution is 2.27. The predicted molar refractivity (Wildman–Crippen MR) is 94.1 cm³/mol. The third-order valence-electron chi connectivity index (χ3n) is 4.52. The quantitative estimate of drug-likeness (QED) is 0.652. The molecule has 1 aliphatic heterocycles. The van der Waals surface area contributed by atoms with E-state index in [4.69, 9.17) is 0 Å². The molecule has 2 amide bonds. The number of halogens is 1. The second-order valence-corrected chi connectivity index (χ2v) is 6.37. The van der Waals surface area contributed by atoms with Crippen LogP contribution >= 0.6 is 0 Å². The Morgan fingerprint density at radius 2 is 1.96 bits per heavy atom. The maximum atomic E-state index is 12.9. The van der Waals surface area contributed by atoms with Crippen molar-refractivity contribution in [2.45, 2.75) is 5.92 Å². The summed E-state index contributed by atoms with van der Waals surface area (Å²) < 4.78 is 14.6. The molecule has 7 nitrogen and oxygen atoms in total. The number of carbonyl (C=O) groups is 2. The molecule has 26 heavy (non-hydrogen) atoms. The molecule has 2 atom stereocenters. The van der Waals surface area contributed by atoms with Gasteiger partial charge in [-0.15, -0.1) is 0 Å². The van der Waals surface area contributed by atoms with Crippen LogP contribution in [-0.4, -0.2) is 47.8 Å². The summed E-state index contributed by atoms with van der Waals surface area (Å²) in [6, 6.07) is 5.32. The summed E-state index contributed by atoms with van der Waals surface area (Å²) in [5.41, 5.74) is 1.43. The summed E-state index contributed by atoms with van der Waals surface area (Å²) in [6.07, 6.45) is 3.72. The molecule has 1 aliphatic rings. The molecule has 8 heteroatoms. The highest BCUT2D eigenvalue weighted by Gasteiger charge is 2.34. The third kappa shape index (κ3) is 4.26. The van der Waals surface area contributed by atoms with Crippen LogP contribution < -0.4 is 16.0 Å². The predicted octanol–water partition coefficient (Wildman–Crippen LogP) is 0.408. The lowest BCUT2D eigenvalue weighted by Gasteiger charge is -2.17. The molecular weight excluding hydrogens is 337 g/mol. The largest absolute Gasteiger partial charge is 0.354 e. The van der Waals surface area contributed by atoms with Crippen molar-refractivity contribution >= 4 is 11.8 Å². The standard InChI is InChI=1S/C18H22FN5O2/c1-24-11-13(8-23-24)15-9-20-10-16(15)18(26)22-7-6-21-17(25)12-2-4-14(19)5-3-12/h2-5,8,11,15-16,20H,6-7,9-10H2,1H3,(H,21,25)(H,22,26)/t15-,16+/m1/s1. The minimum Gasteiger partial charge on any atom is -0.354 e. The van der Waals surface area contributed by atoms with Crippen LogP contribution in [0, 0.1) is 11.7 Å². The van der Waals surface area contributed by atoms with Crippen molar-refractivity contribution in [3.63, 3.8) is 0 Å². The van der Waals surface area contributed by atoms with Crippen LogP contribution in [0.2, 0.25) is 0 Å². The van der Waals surface area contributed by atoms with Gasteiger partial charge in [0.15, 0.2) is 0 Å². The second-order valence-electron chi connectivity index (χ2n) is 6.37. The average Bonchev–Trinajstić information content (AvgIpc) is 3.27. The molecule has 3 rings (SSSR count). The summed E-state index contributed by atoms with van der Waals surface area (Å²) in [6.45, 7) is 2.00. The van der Waals surface area contributed by atoms with Crippen molar-refractivity contribution in [2.24, 2.45) is 13.0 Å². The number of rotatable bonds is 6. The minimum atomic E-state index is -0.387. The van der Waals surface area contributed by atoms with Crippen molar-refractivity contribution in [3.8, 4) is 0 Å². The zero-order chi connectivity index (χ0) is 18.5. The van der Waals surface area contributed by atoms with Gasteiger partial charge in [-0.05, 0) is 29.8 Å². The van der Waals surface area contributed by atoms with Crippen LogP contribution in [0.5, 0.6) is 0 Å². The fraction of sp³-hybridized carbons (Fsp3) is 0.389. The molecule has 1 aromatic heterocycles. The monoisotopic (exact) mass is 359 g/mol. The number of hydrogen-bond donors (Lipinski definition) is 3. The first-order chi connectivity index (χ1) is 12.5. The van der Waals surface area contributed by atoms with E-state index in [-0.39, 0.29) is 29.5 Å². The fourth-order valence-corrected chi connectivity index (χ4v) is 3.13. The summed E-state index contributed by atoms with van der Waals surface area (Å²) in [5, 5.41) is 13.0. The van der Waals surface area contributed by atoms with Gasteiger partial charge in [-0.1, -0.05) is 0 Å². The van der Waals surface area contributed by atoms with Crippen LogP contribution in [0.25, 0.3) is 0 Å². The smallest absolute Gasteiger partial charge is 0.251 e. The number of carbonyl (C=O) groups excluding carboxylic acids is 2. The Hall–Kier alpha value is -2.74. The van der Waals surface area contributed by atoms with Gasteiger partial charge in [0, 0.05) is 50.9 Å². The third-order valence-corrected chi connectivity index (χ3v) is 4.52. The van der Waals surface area contributed by atoms with E-state index in [2.05, 4.69) is 21.0 Å². The molecular formula is C18H22FN5O2. The van der Waals surface area contributed by atoms with Crippen LogP contribution in [0.3, 0.4) is 0 Å². The number of aromatic nitrogens is 2. The van der Waals surface area contributed by atoms with Gasteiger partial charge in [-0.2, -0.15) is 5.10 Å². The van der Waals surface area contributed by atoms with E-state index in [0.29, 0.717) is 25.2 Å². The minimum absolute atomic E-state index is 0.0418. The van der Waals surface area contributed by atoms with Crippen LogP contribution in [-0.2, 0) is 11.8 Å². The van der Waals surface area contributed by atoms with Gasteiger partial charge in [-0.3, -0.25) is 14.3 Å². The van der Waals surface area contributed by atoms with Crippen molar-refractivity contribution in [3.05, 3.63) is 53.6 Å². The van der Waals surface area contributed by atoms with Crippen molar-refractivity contribution in [2.75, 3.05) is 26.2 Å². The number of amides is 2. The summed E-state index contributed by atoms with van der Waals surface area (Å²) in [4.78, 5) is 24.4. The number of aryl methyl sites for hydroxylation is 1. The Kier molecular flexibility index (Phi) is 5.62. The molecule has 2 aromatic rings. The molecule has 0 radical (unpaired) electrons. The van der Waals surface area contributed by atoms with E-state index in [1.54, 1.807) is 10.9 Å². The molecule has 0 aliphatic carbocycles. The van der Waals surface area contributed by atoms with Gasteiger partial charge in [0.1, 0.15) is 5.82 Å². The maximum Gasteiger partial charge on any atom is 0.251 e. The number of nitrogens with zero attached hydrogens (tertiary/aromatic N) is 2. The lowest BCUT2D eigenvalue weighted by atomic mass is 9.90. The number of benzene rings is 1. The molecule has 1 aromatic carbocycles. The highest BCUT2D eigenvalue weighted by molar-refractivity contribution is 5.94. The van der Waals surface area contributed by atoms with E-state index in [1.807, 2.05) is 13.2 Å². The number of hydrogen-bond acceptors (Lipinski definition) is 4. The molecule has 0 spiro atoms. The first-order valence-corrected chi connectivity index (χ1v) is 8.55. The van der Waals surface area contributed by atoms with Gasteiger partial charge in [-0.25, -0.2) is 4.39 Å². The van der Waals surface area contributed by atoms with Gasteiger partial charge < -0.3 is 16.0 Å². The molecule has 2 heterocycles. The van der Waals surface area contributed by atoms with Crippen molar-refractivity contribution in [1.29, 1.82) is 0 Å². The summed E-state index contributed by atoms with van der Waals surface area (Å²) in [7, 11) is 1.85. The molecule has 0 saturated carbocycles. The Bertz CT molecular complexity index is 774. The lowest BCUT2D eigenvalue weighted by Crippen LogP contribution is -2.39. The van der Waals surface area contributed by atoms with Crippen LogP contribution in [0.15, 0.2) is 36.7 Å². The van der Waals surface area contributed by atoms with Crippen molar-refractivity contribution in [1.82, 2.24) is 25.7 Å². The van der Waals surface area contributed by atoms with Crippen LogP contribution in [0.1, 0.15) is 21.8 Å². The average molecular weight is 359 g/mol.